The number of nitrogens with two attached hydrogens (primary N) is 1. The second-order valence-corrected chi connectivity index (χ2v) is 4.65. The Morgan fingerprint density at radius 3 is 2.22 bits per heavy atom. The average Bonchev–Trinajstić information content (AvgIpc) is 2.81. The SMILES string of the molecule is COc1cc(OC)cc(OCc2cnc(N)s2)c1. The number of hydrogen-bond acceptors (Lipinski definition) is 6. The molecule has 1 heterocycles. The molecule has 0 aliphatic rings. The van der Waals surface area contributed by atoms with Crippen LogP contribution in [0.1, 0.15) is 4.88 Å². The third-order valence-corrected chi connectivity index (χ3v) is 3.08. The molecule has 0 atom stereocenters. The van der Waals surface area contributed by atoms with E-state index in [1.807, 2.05) is 0 Å². The molecule has 96 valence electrons. The zero-order valence-corrected chi connectivity index (χ0v) is 11.0. The van der Waals surface area contributed by atoms with Gasteiger partial charge in [0.1, 0.15) is 23.9 Å². The number of nitrogen functional groups attached to an aromatic ring is 1. The van der Waals surface area contributed by atoms with Gasteiger partial charge in [-0.3, -0.25) is 0 Å². The highest BCUT2D eigenvalue weighted by Crippen LogP contribution is 2.28. The number of hydrogen-bond donors (Lipinski definition) is 1. The molecule has 1 aromatic heterocycles. The van der Waals surface area contributed by atoms with E-state index >= 15 is 0 Å². The van der Waals surface area contributed by atoms with Crippen LogP contribution in [-0.4, -0.2) is 19.2 Å². The predicted octanol–water partition coefficient (Wildman–Crippen LogP) is 2.32. The zero-order chi connectivity index (χ0) is 13.0. The van der Waals surface area contributed by atoms with Crippen LogP contribution in [-0.2, 0) is 6.61 Å². The minimum Gasteiger partial charge on any atom is -0.496 e. The Bertz CT molecular complexity index is 506. The largest absolute Gasteiger partial charge is 0.496 e. The predicted molar refractivity (Wildman–Crippen MR) is 70.4 cm³/mol. The van der Waals surface area contributed by atoms with Crippen molar-refractivity contribution in [2.24, 2.45) is 0 Å². The van der Waals surface area contributed by atoms with Crippen LogP contribution in [0.5, 0.6) is 17.2 Å². The van der Waals surface area contributed by atoms with Gasteiger partial charge in [-0.25, -0.2) is 4.98 Å². The molecule has 0 unspecified atom stereocenters. The Hall–Kier alpha value is -1.95. The molecule has 0 fully saturated rings. The Kier molecular flexibility index (Phi) is 3.88. The Balaban J connectivity index is 2.08. The van der Waals surface area contributed by atoms with Crippen molar-refractivity contribution in [3.63, 3.8) is 0 Å². The van der Waals surface area contributed by atoms with Crippen molar-refractivity contribution in [2.45, 2.75) is 6.61 Å². The molecule has 1 aromatic carbocycles. The van der Waals surface area contributed by atoms with Crippen molar-refractivity contribution in [3.8, 4) is 17.2 Å². The molecular weight excluding hydrogens is 252 g/mol. The first-order valence-electron chi connectivity index (χ1n) is 5.27. The monoisotopic (exact) mass is 266 g/mol. The van der Waals surface area contributed by atoms with Crippen molar-refractivity contribution in [1.82, 2.24) is 4.98 Å². The van der Waals surface area contributed by atoms with Gasteiger partial charge in [0.25, 0.3) is 0 Å². The van der Waals surface area contributed by atoms with E-state index in [0.29, 0.717) is 29.0 Å². The minimum absolute atomic E-state index is 0.422. The molecule has 6 heteroatoms. The smallest absolute Gasteiger partial charge is 0.180 e. The van der Waals surface area contributed by atoms with Crippen LogP contribution < -0.4 is 19.9 Å². The number of anilines is 1. The van der Waals surface area contributed by atoms with E-state index in [2.05, 4.69) is 4.98 Å². The summed E-state index contributed by atoms with van der Waals surface area (Å²) in [4.78, 5) is 4.93. The molecule has 0 radical (unpaired) electrons. The number of ether oxygens (including phenoxy) is 3. The maximum absolute atomic E-state index is 5.65. The van der Waals surface area contributed by atoms with Crippen LogP contribution in [0.25, 0.3) is 0 Å². The average molecular weight is 266 g/mol. The van der Waals surface area contributed by atoms with E-state index in [4.69, 9.17) is 19.9 Å². The first-order chi connectivity index (χ1) is 8.71. The lowest BCUT2D eigenvalue weighted by Crippen LogP contribution is -1.95. The molecule has 2 aromatic rings. The van der Waals surface area contributed by atoms with Crippen LogP contribution in [0.2, 0.25) is 0 Å². The summed E-state index contributed by atoms with van der Waals surface area (Å²) >= 11 is 1.41. The van der Waals surface area contributed by atoms with Crippen molar-refractivity contribution < 1.29 is 14.2 Å². The van der Waals surface area contributed by atoms with E-state index in [0.717, 1.165) is 4.88 Å². The maximum atomic E-state index is 5.65. The lowest BCUT2D eigenvalue weighted by Gasteiger charge is -2.09. The van der Waals surface area contributed by atoms with E-state index < -0.39 is 0 Å². The quantitative estimate of drug-likeness (QED) is 0.899. The highest BCUT2D eigenvalue weighted by Gasteiger charge is 2.04. The van der Waals surface area contributed by atoms with Gasteiger partial charge in [0.15, 0.2) is 5.13 Å². The lowest BCUT2D eigenvalue weighted by atomic mass is 10.3. The number of thiazole rings is 1. The lowest BCUT2D eigenvalue weighted by molar-refractivity contribution is 0.303. The van der Waals surface area contributed by atoms with Gasteiger partial charge in [0.2, 0.25) is 0 Å². The van der Waals surface area contributed by atoms with E-state index in [1.54, 1.807) is 38.6 Å². The molecular formula is C12H14N2O3S. The van der Waals surface area contributed by atoms with Crippen molar-refractivity contribution >= 4 is 16.5 Å². The van der Waals surface area contributed by atoms with Gasteiger partial charge in [-0.1, -0.05) is 11.3 Å². The van der Waals surface area contributed by atoms with Gasteiger partial charge in [-0.15, -0.1) is 0 Å². The van der Waals surface area contributed by atoms with Gasteiger partial charge in [-0.2, -0.15) is 0 Å². The van der Waals surface area contributed by atoms with Crippen LogP contribution >= 0.6 is 11.3 Å². The van der Waals surface area contributed by atoms with Crippen LogP contribution in [0.4, 0.5) is 5.13 Å². The van der Waals surface area contributed by atoms with Gasteiger partial charge >= 0.3 is 0 Å². The van der Waals surface area contributed by atoms with Crippen molar-refractivity contribution in [2.75, 3.05) is 20.0 Å². The molecule has 0 saturated heterocycles. The normalized spacial score (nSPS) is 10.1. The fourth-order valence-corrected chi connectivity index (χ4v) is 2.01. The third-order valence-electron chi connectivity index (χ3n) is 2.28. The fraction of sp³-hybridized carbons (Fsp3) is 0.250. The molecule has 0 bridgehead atoms. The standard InChI is InChI=1S/C12H14N2O3S/c1-15-8-3-9(16-2)5-10(4-8)17-7-11-6-14-12(13)18-11/h3-6H,7H2,1-2H3,(H2,13,14). The second kappa shape index (κ2) is 5.59. The number of nitrogens with zero attached hydrogens (tertiary/aromatic N) is 1. The van der Waals surface area contributed by atoms with Gasteiger partial charge in [-0.05, 0) is 0 Å². The van der Waals surface area contributed by atoms with E-state index in [-0.39, 0.29) is 0 Å². The van der Waals surface area contributed by atoms with E-state index in [1.165, 1.54) is 11.3 Å². The second-order valence-electron chi connectivity index (χ2n) is 3.50. The first kappa shape index (κ1) is 12.5. The van der Waals surface area contributed by atoms with Gasteiger partial charge in [0.05, 0.1) is 19.1 Å². The Labute approximate surface area is 109 Å². The van der Waals surface area contributed by atoms with Crippen LogP contribution in [0.3, 0.4) is 0 Å². The molecule has 0 spiro atoms. The molecule has 2 N–H and O–H groups in total. The summed E-state index contributed by atoms with van der Waals surface area (Å²) in [6.07, 6.45) is 1.71. The van der Waals surface area contributed by atoms with Crippen molar-refractivity contribution in [1.29, 1.82) is 0 Å². The summed E-state index contributed by atoms with van der Waals surface area (Å²) in [7, 11) is 3.20. The summed E-state index contributed by atoms with van der Waals surface area (Å²) in [6.45, 7) is 0.422. The molecule has 0 amide bonds. The highest BCUT2D eigenvalue weighted by molar-refractivity contribution is 7.15. The molecule has 18 heavy (non-hydrogen) atoms. The zero-order valence-electron chi connectivity index (χ0n) is 10.2. The number of rotatable bonds is 5. The molecule has 0 saturated carbocycles. The number of aromatic nitrogens is 1. The fourth-order valence-electron chi connectivity index (χ4n) is 1.41. The summed E-state index contributed by atoms with van der Waals surface area (Å²) in [5, 5.41) is 0.539. The first-order valence-corrected chi connectivity index (χ1v) is 6.09. The van der Waals surface area contributed by atoms with Crippen molar-refractivity contribution in [3.05, 3.63) is 29.3 Å². The van der Waals surface area contributed by atoms with Gasteiger partial charge < -0.3 is 19.9 Å². The van der Waals surface area contributed by atoms with Crippen LogP contribution in [0, 0.1) is 0 Å². The molecule has 0 aliphatic carbocycles. The third kappa shape index (κ3) is 3.04. The summed E-state index contributed by atoms with van der Waals surface area (Å²) in [5.74, 6) is 2.06. The topological polar surface area (TPSA) is 66.6 Å². The number of benzene rings is 1. The summed E-state index contributed by atoms with van der Waals surface area (Å²) in [5.41, 5.74) is 5.55. The molecule has 5 nitrogen and oxygen atoms in total. The Morgan fingerprint density at radius 1 is 1.11 bits per heavy atom. The van der Waals surface area contributed by atoms with Crippen LogP contribution in [0.15, 0.2) is 24.4 Å². The summed E-state index contributed by atoms with van der Waals surface area (Å²) < 4.78 is 16.0. The van der Waals surface area contributed by atoms with E-state index in [9.17, 15) is 0 Å². The highest BCUT2D eigenvalue weighted by atomic mass is 32.1. The number of methoxy groups -OCH3 is 2. The summed E-state index contributed by atoms with van der Waals surface area (Å²) in [6, 6.07) is 5.39. The minimum atomic E-state index is 0.422. The molecule has 2 rings (SSSR count). The van der Waals surface area contributed by atoms with Gasteiger partial charge in [0, 0.05) is 24.4 Å². The molecule has 0 aliphatic heterocycles. The Morgan fingerprint density at radius 2 is 1.72 bits per heavy atom. The maximum Gasteiger partial charge on any atom is 0.180 e.